The number of thiophene rings is 1. The van der Waals surface area contributed by atoms with E-state index in [1.54, 1.807) is 54.6 Å². The van der Waals surface area contributed by atoms with Crippen molar-refractivity contribution < 1.29 is 9.53 Å². The Morgan fingerprint density at radius 1 is 1.09 bits per heavy atom. The molecule has 164 valence electrons. The van der Waals surface area contributed by atoms with Gasteiger partial charge in [0.15, 0.2) is 0 Å². The summed E-state index contributed by atoms with van der Waals surface area (Å²) in [6.45, 7) is -0.117. The van der Waals surface area contributed by atoms with Crippen LogP contribution in [0.15, 0.2) is 74.5 Å². The van der Waals surface area contributed by atoms with Gasteiger partial charge in [0.2, 0.25) is 5.91 Å². The number of fused-ring (bicyclic) bond motifs is 1. The minimum Gasteiger partial charge on any atom is -0.497 e. The van der Waals surface area contributed by atoms with Gasteiger partial charge in [-0.05, 0) is 53.6 Å². The van der Waals surface area contributed by atoms with Crippen LogP contribution in [0.2, 0.25) is 0 Å². The number of nitrogens with zero attached hydrogens (tertiary/aromatic N) is 2. The number of ether oxygens (including phenoxy) is 1. The number of hydrogen-bond donors (Lipinski definition) is 1. The Labute approximate surface area is 192 Å². The molecule has 0 unspecified atom stereocenters. The molecule has 2 aromatic carbocycles. The molecular formula is C23H21N3O4S2. The Morgan fingerprint density at radius 2 is 1.91 bits per heavy atom. The monoisotopic (exact) mass is 467 g/mol. The van der Waals surface area contributed by atoms with Gasteiger partial charge in [-0.3, -0.25) is 18.7 Å². The lowest BCUT2D eigenvalue weighted by atomic mass is 10.2. The maximum Gasteiger partial charge on any atom is 0.332 e. The van der Waals surface area contributed by atoms with Crippen LogP contribution >= 0.6 is 23.1 Å². The molecule has 32 heavy (non-hydrogen) atoms. The molecule has 0 aliphatic heterocycles. The van der Waals surface area contributed by atoms with Gasteiger partial charge in [-0.2, -0.15) is 0 Å². The third kappa shape index (κ3) is 4.49. The van der Waals surface area contributed by atoms with Crippen molar-refractivity contribution in [1.82, 2.24) is 9.13 Å². The maximum atomic E-state index is 13.3. The number of rotatable bonds is 7. The van der Waals surface area contributed by atoms with Crippen molar-refractivity contribution in [2.75, 3.05) is 18.7 Å². The first-order chi connectivity index (χ1) is 15.5. The normalized spacial score (nSPS) is 10.9. The molecule has 0 saturated carbocycles. The van der Waals surface area contributed by atoms with Crippen LogP contribution in [0.25, 0.3) is 10.2 Å². The number of anilines is 1. The Bertz CT molecular complexity index is 1400. The third-order valence-corrected chi connectivity index (χ3v) is 6.58. The van der Waals surface area contributed by atoms with Gasteiger partial charge in [0.25, 0.3) is 5.56 Å². The van der Waals surface area contributed by atoms with Crippen molar-refractivity contribution in [3.05, 3.63) is 86.4 Å². The minimum absolute atomic E-state index is 0.0834. The van der Waals surface area contributed by atoms with Crippen molar-refractivity contribution in [2.24, 2.45) is 0 Å². The SMILES string of the molecule is COc1cccc(Cn2c(=O)c3sccc3n(CC(=O)Nc3cccc(SC)c3)c2=O)c1. The van der Waals surface area contributed by atoms with E-state index >= 15 is 0 Å². The fraction of sp³-hybridized carbons (Fsp3) is 0.174. The molecule has 9 heteroatoms. The molecule has 1 amide bonds. The van der Waals surface area contributed by atoms with E-state index in [0.29, 0.717) is 21.7 Å². The zero-order valence-electron chi connectivity index (χ0n) is 17.5. The Balaban J connectivity index is 1.69. The molecule has 7 nitrogen and oxygen atoms in total. The fourth-order valence-electron chi connectivity index (χ4n) is 3.42. The summed E-state index contributed by atoms with van der Waals surface area (Å²) in [5.74, 6) is 0.296. The van der Waals surface area contributed by atoms with Crippen LogP contribution in [0.4, 0.5) is 5.69 Å². The van der Waals surface area contributed by atoms with Gasteiger partial charge < -0.3 is 10.1 Å². The van der Waals surface area contributed by atoms with E-state index < -0.39 is 5.69 Å². The van der Waals surface area contributed by atoms with Crippen molar-refractivity contribution in [3.8, 4) is 5.75 Å². The second kappa shape index (κ2) is 9.46. The third-order valence-electron chi connectivity index (χ3n) is 4.97. The lowest BCUT2D eigenvalue weighted by molar-refractivity contribution is -0.116. The first kappa shape index (κ1) is 21.9. The lowest BCUT2D eigenvalue weighted by Crippen LogP contribution is -2.41. The van der Waals surface area contributed by atoms with E-state index in [-0.39, 0.29) is 24.6 Å². The highest BCUT2D eigenvalue weighted by Crippen LogP contribution is 2.20. The van der Waals surface area contributed by atoms with Gasteiger partial charge in [0.1, 0.15) is 17.0 Å². The zero-order valence-corrected chi connectivity index (χ0v) is 19.2. The number of methoxy groups -OCH3 is 1. The summed E-state index contributed by atoms with van der Waals surface area (Å²) in [6.07, 6.45) is 1.96. The lowest BCUT2D eigenvalue weighted by Gasteiger charge is -2.13. The summed E-state index contributed by atoms with van der Waals surface area (Å²) >= 11 is 2.83. The van der Waals surface area contributed by atoms with Crippen LogP contribution in [0.5, 0.6) is 5.75 Å². The van der Waals surface area contributed by atoms with Crippen LogP contribution < -0.4 is 21.3 Å². The Kier molecular flexibility index (Phi) is 6.48. The first-order valence-corrected chi connectivity index (χ1v) is 11.9. The van der Waals surface area contributed by atoms with Gasteiger partial charge in [0.05, 0.1) is 19.2 Å². The van der Waals surface area contributed by atoms with Gasteiger partial charge in [-0.1, -0.05) is 18.2 Å². The van der Waals surface area contributed by atoms with Gasteiger partial charge in [-0.15, -0.1) is 23.1 Å². The molecule has 0 aliphatic rings. The summed E-state index contributed by atoms with van der Waals surface area (Å²) in [4.78, 5) is 40.0. The summed E-state index contributed by atoms with van der Waals surface area (Å²) in [5, 5.41) is 4.58. The molecule has 0 saturated heterocycles. The van der Waals surface area contributed by atoms with E-state index in [1.807, 2.05) is 30.5 Å². The molecule has 0 atom stereocenters. The van der Waals surface area contributed by atoms with Crippen LogP contribution in [0, 0.1) is 0 Å². The predicted molar refractivity (Wildman–Crippen MR) is 129 cm³/mol. The van der Waals surface area contributed by atoms with E-state index in [2.05, 4.69) is 5.32 Å². The number of benzene rings is 2. The van der Waals surface area contributed by atoms with Crippen molar-refractivity contribution in [3.63, 3.8) is 0 Å². The molecule has 0 aliphatic carbocycles. The average molecular weight is 468 g/mol. The molecule has 0 fully saturated rings. The van der Waals surface area contributed by atoms with Crippen molar-refractivity contribution >= 4 is 44.9 Å². The zero-order chi connectivity index (χ0) is 22.7. The summed E-state index contributed by atoms with van der Waals surface area (Å²) in [6, 6.07) is 16.4. The molecule has 0 bridgehead atoms. The minimum atomic E-state index is -0.531. The van der Waals surface area contributed by atoms with Crippen LogP contribution in [0.1, 0.15) is 5.56 Å². The van der Waals surface area contributed by atoms with Crippen LogP contribution in [0.3, 0.4) is 0 Å². The largest absolute Gasteiger partial charge is 0.497 e. The predicted octanol–water partition coefficient (Wildman–Crippen LogP) is 3.64. The quantitative estimate of drug-likeness (QED) is 0.420. The second-order valence-corrected chi connectivity index (χ2v) is 8.82. The van der Waals surface area contributed by atoms with Crippen molar-refractivity contribution in [1.29, 1.82) is 0 Å². The standard InChI is InChI=1S/C23H21N3O4S2/c1-30-17-7-3-5-15(11-17)13-26-22(28)21-19(9-10-32-21)25(23(26)29)14-20(27)24-16-6-4-8-18(12-16)31-2/h3-12H,13-14H2,1-2H3,(H,24,27). The van der Waals surface area contributed by atoms with Gasteiger partial charge >= 0.3 is 5.69 Å². The molecule has 0 radical (unpaired) electrons. The molecule has 4 aromatic rings. The molecular weight excluding hydrogens is 446 g/mol. The fourth-order valence-corrected chi connectivity index (χ4v) is 4.73. The average Bonchev–Trinajstić information content (AvgIpc) is 3.30. The van der Waals surface area contributed by atoms with Crippen LogP contribution in [-0.4, -0.2) is 28.4 Å². The number of nitrogens with one attached hydrogen (secondary N) is 1. The number of carbonyl (C=O) groups is 1. The summed E-state index contributed by atoms with van der Waals surface area (Å²) in [7, 11) is 1.56. The number of thioether (sulfide) groups is 1. The van der Waals surface area contributed by atoms with Crippen molar-refractivity contribution in [2.45, 2.75) is 18.0 Å². The number of aromatic nitrogens is 2. The number of hydrogen-bond acceptors (Lipinski definition) is 6. The van der Waals surface area contributed by atoms with Crippen LogP contribution in [-0.2, 0) is 17.9 Å². The Morgan fingerprint density at radius 3 is 2.69 bits per heavy atom. The van der Waals surface area contributed by atoms with E-state index in [0.717, 1.165) is 15.0 Å². The number of amides is 1. The molecule has 0 spiro atoms. The first-order valence-electron chi connectivity index (χ1n) is 9.78. The summed E-state index contributed by atoms with van der Waals surface area (Å²) < 4.78 is 8.18. The maximum absolute atomic E-state index is 13.3. The highest BCUT2D eigenvalue weighted by molar-refractivity contribution is 7.98. The topological polar surface area (TPSA) is 82.3 Å². The van der Waals surface area contributed by atoms with Gasteiger partial charge in [-0.25, -0.2) is 4.79 Å². The number of carbonyl (C=O) groups excluding carboxylic acids is 1. The van der Waals surface area contributed by atoms with E-state index in [9.17, 15) is 14.4 Å². The van der Waals surface area contributed by atoms with E-state index in [4.69, 9.17) is 4.74 Å². The smallest absolute Gasteiger partial charge is 0.332 e. The molecule has 1 N–H and O–H groups in total. The molecule has 2 aromatic heterocycles. The highest BCUT2D eigenvalue weighted by Gasteiger charge is 2.17. The molecule has 2 heterocycles. The molecule has 4 rings (SSSR count). The van der Waals surface area contributed by atoms with Gasteiger partial charge in [0, 0.05) is 10.6 Å². The summed E-state index contributed by atoms with van der Waals surface area (Å²) in [5.41, 5.74) is 0.967. The Hall–Kier alpha value is -3.30. The highest BCUT2D eigenvalue weighted by atomic mass is 32.2. The second-order valence-electron chi connectivity index (χ2n) is 7.03. The van der Waals surface area contributed by atoms with E-state index in [1.165, 1.54) is 15.9 Å².